The predicted molar refractivity (Wildman–Crippen MR) is 102 cm³/mol. The van der Waals surface area contributed by atoms with Gasteiger partial charge in [0.15, 0.2) is 5.96 Å². The van der Waals surface area contributed by atoms with Crippen molar-refractivity contribution in [3.63, 3.8) is 0 Å². The Bertz CT molecular complexity index is 363. The highest BCUT2D eigenvalue weighted by atomic mass is 127. The highest BCUT2D eigenvalue weighted by Crippen LogP contribution is 2.19. The standard InChI is InChI=1S/C15H27N3S.HI/c1-12(2)7-5-9-17-15(16-4)18-11-13(3)14-8-6-10-19-14;/h6,8,10,12-13H,5,7,9,11H2,1-4H3,(H2,16,17,18);1H. The van der Waals surface area contributed by atoms with Crippen LogP contribution < -0.4 is 10.6 Å². The van der Waals surface area contributed by atoms with Gasteiger partial charge in [-0.15, -0.1) is 35.3 Å². The molecule has 0 aromatic carbocycles. The first-order valence-electron chi connectivity index (χ1n) is 7.11. The van der Waals surface area contributed by atoms with Crippen molar-refractivity contribution in [2.45, 2.75) is 39.5 Å². The number of nitrogens with zero attached hydrogens (tertiary/aromatic N) is 1. The van der Waals surface area contributed by atoms with Crippen LogP contribution in [0, 0.1) is 5.92 Å². The van der Waals surface area contributed by atoms with E-state index in [0.29, 0.717) is 5.92 Å². The summed E-state index contributed by atoms with van der Waals surface area (Å²) in [5.74, 6) is 2.21. The Balaban J connectivity index is 0.00000361. The topological polar surface area (TPSA) is 36.4 Å². The van der Waals surface area contributed by atoms with Gasteiger partial charge in [0.25, 0.3) is 0 Å². The Labute approximate surface area is 144 Å². The molecule has 0 saturated carbocycles. The predicted octanol–water partition coefficient (Wildman–Crippen LogP) is 4.07. The summed E-state index contributed by atoms with van der Waals surface area (Å²) in [6, 6.07) is 4.30. The highest BCUT2D eigenvalue weighted by molar-refractivity contribution is 14.0. The van der Waals surface area contributed by atoms with Gasteiger partial charge in [0, 0.05) is 30.9 Å². The Hall–Kier alpha value is -0.300. The summed E-state index contributed by atoms with van der Waals surface area (Å²) in [4.78, 5) is 5.68. The molecule has 1 atom stereocenters. The molecule has 0 aliphatic heterocycles. The molecule has 2 N–H and O–H groups in total. The van der Waals surface area contributed by atoms with Crippen molar-refractivity contribution in [3.8, 4) is 0 Å². The number of hydrogen-bond acceptors (Lipinski definition) is 2. The van der Waals surface area contributed by atoms with Gasteiger partial charge in [-0.3, -0.25) is 4.99 Å². The van der Waals surface area contributed by atoms with E-state index in [1.165, 1.54) is 17.7 Å². The summed E-state index contributed by atoms with van der Waals surface area (Å²) in [6.45, 7) is 8.67. The van der Waals surface area contributed by atoms with Crippen LogP contribution in [0.3, 0.4) is 0 Å². The van der Waals surface area contributed by atoms with E-state index in [-0.39, 0.29) is 24.0 Å². The zero-order valence-electron chi connectivity index (χ0n) is 13.0. The molecule has 3 nitrogen and oxygen atoms in total. The lowest BCUT2D eigenvalue weighted by Gasteiger charge is -2.15. The third-order valence-electron chi connectivity index (χ3n) is 3.08. The molecule has 1 rings (SSSR count). The number of halogens is 1. The number of guanidine groups is 1. The molecule has 0 bridgehead atoms. The summed E-state index contributed by atoms with van der Waals surface area (Å²) in [7, 11) is 1.83. The summed E-state index contributed by atoms with van der Waals surface area (Å²) >= 11 is 1.81. The summed E-state index contributed by atoms with van der Waals surface area (Å²) in [5, 5.41) is 8.89. The van der Waals surface area contributed by atoms with E-state index in [9.17, 15) is 0 Å². The average molecular weight is 409 g/mol. The molecule has 0 aliphatic carbocycles. The summed E-state index contributed by atoms with van der Waals surface area (Å²) < 4.78 is 0. The van der Waals surface area contributed by atoms with E-state index in [2.05, 4.69) is 53.9 Å². The molecule has 0 aliphatic rings. The first kappa shape index (κ1) is 19.7. The molecule has 1 aromatic heterocycles. The van der Waals surface area contributed by atoms with Crippen LogP contribution in [0.2, 0.25) is 0 Å². The molecule has 5 heteroatoms. The van der Waals surface area contributed by atoms with Crippen LogP contribution in [-0.4, -0.2) is 26.1 Å². The Kier molecular flexibility index (Phi) is 11.2. The molecule has 1 heterocycles. The Morgan fingerprint density at radius 2 is 2.05 bits per heavy atom. The van der Waals surface area contributed by atoms with Crippen molar-refractivity contribution in [1.82, 2.24) is 10.6 Å². The second-order valence-electron chi connectivity index (χ2n) is 5.33. The minimum atomic E-state index is 0. The van der Waals surface area contributed by atoms with Crippen LogP contribution in [0.4, 0.5) is 0 Å². The largest absolute Gasteiger partial charge is 0.356 e. The Morgan fingerprint density at radius 1 is 1.30 bits per heavy atom. The molecule has 0 fully saturated rings. The van der Waals surface area contributed by atoms with E-state index >= 15 is 0 Å². The van der Waals surface area contributed by atoms with E-state index in [0.717, 1.165) is 25.0 Å². The monoisotopic (exact) mass is 409 g/mol. The Morgan fingerprint density at radius 3 is 2.60 bits per heavy atom. The fourth-order valence-electron chi connectivity index (χ4n) is 1.86. The van der Waals surface area contributed by atoms with E-state index in [1.54, 1.807) is 0 Å². The van der Waals surface area contributed by atoms with Crippen LogP contribution in [0.1, 0.15) is 44.4 Å². The molecule has 0 spiro atoms. The minimum Gasteiger partial charge on any atom is -0.356 e. The molecule has 20 heavy (non-hydrogen) atoms. The van der Waals surface area contributed by atoms with Gasteiger partial charge in [-0.2, -0.15) is 0 Å². The summed E-state index contributed by atoms with van der Waals surface area (Å²) in [6.07, 6.45) is 2.45. The van der Waals surface area contributed by atoms with Crippen LogP contribution in [-0.2, 0) is 0 Å². The molecule has 116 valence electrons. The number of thiophene rings is 1. The molecule has 0 radical (unpaired) electrons. The number of hydrogen-bond donors (Lipinski definition) is 2. The van der Waals surface area contributed by atoms with Gasteiger partial charge in [0.1, 0.15) is 0 Å². The van der Waals surface area contributed by atoms with Gasteiger partial charge in [-0.25, -0.2) is 0 Å². The minimum absolute atomic E-state index is 0. The molecule has 0 amide bonds. The lowest BCUT2D eigenvalue weighted by Crippen LogP contribution is -2.39. The van der Waals surface area contributed by atoms with Crippen LogP contribution in [0.25, 0.3) is 0 Å². The number of rotatable bonds is 7. The van der Waals surface area contributed by atoms with E-state index in [4.69, 9.17) is 0 Å². The lowest BCUT2D eigenvalue weighted by molar-refractivity contribution is 0.548. The fraction of sp³-hybridized carbons (Fsp3) is 0.667. The molecular weight excluding hydrogens is 381 g/mol. The van der Waals surface area contributed by atoms with Crippen LogP contribution in [0.15, 0.2) is 22.5 Å². The van der Waals surface area contributed by atoms with Crippen LogP contribution in [0.5, 0.6) is 0 Å². The van der Waals surface area contributed by atoms with Crippen molar-refractivity contribution in [2.24, 2.45) is 10.9 Å². The zero-order chi connectivity index (χ0) is 14.1. The maximum atomic E-state index is 4.26. The van der Waals surface area contributed by atoms with Crippen molar-refractivity contribution >= 4 is 41.3 Å². The quantitative estimate of drug-likeness (QED) is 0.308. The zero-order valence-corrected chi connectivity index (χ0v) is 16.1. The maximum absolute atomic E-state index is 4.26. The SMILES string of the molecule is CN=C(NCCCC(C)C)NCC(C)c1cccs1.I. The van der Waals surface area contributed by atoms with Crippen molar-refractivity contribution in [3.05, 3.63) is 22.4 Å². The molecular formula is C15H28IN3S. The first-order chi connectivity index (χ1) is 9.13. The molecule has 1 aromatic rings. The van der Waals surface area contributed by atoms with Crippen molar-refractivity contribution in [2.75, 3.05) is 20.1 Å². The van der Waals surface area contributed by atoms with Gasteiger partial charge in [0.2, 0.25) is 0 Å². The second-order valence-corrected chi connectivity index (χ2v) is 6.31. The first-order valence-corrected chi connectivity index (χ1v) is 7.99. The van der Waals surface area contributed by atoms with E-state index < -0.39 is 0 Å². The third-order valence-corrected chi connectivity index (χ3v) is 4.18. The average Bonchev–Trinajstić information content (AvgIpc) is 2.91. The van der Waals surface area contributed by atoms with Crippen molar-refractivity contribution in [1.29, 1.82) is 0 Å². The smallest absolute Gasteiger partial charge is 0.190 e. The van der Waals surface area contributed by atoms with Gasteiger partial charge in [-0.1, -0.05) is 26.8 Å². The normalized spacial score (nSPS) is 12.9. The van der Waals surface area contributed by atoms with Gasteiger partial charge in [0.05, 0.1) is 0 Å². The molecule has 0 saturated heterocycles. The van der Waals surface area contributed by atoms with E-state index in [1.807, 2.05) is 18.4 Å². The van der Waals surface area contributed by atoms with Gasteiger partial charge in [-0.05, 0) is 30.2 Å². The third kappa shape index (κ3) is 8.09. The van der Waals surface area contributed by atoms with Crippen LogP contribution >= 0.6 is 35.3 Å². The van der Waals surface area contributed by atoms with Gasteiger partial charge >= 0.3 is 0 Å². The molecule has 1 unspecified atom stereocenters. The fourth-order valence-corrected chi connectivity index (χ4v) is 2.65. The number of aliphatic imine (C=N–C) groups is 1. The second kappa shape index (κ2) is 11.4. The summed E-state index contributed by atoms with van der Waals surface area (Å²) in [5.41, 5.74) is 0. The lowest BCUT2D eigenvalue weighted by atomic mass is 10.1. The van der Waals surface area contributed by atoms with Crippen molar-refractivity contribution < 1.29 is 0 Å². The highest BCUT2D eigenvalue weighted by Gasteiger charge is 2.07. The van der Waals surface area contributed by atoms with Gasteiger partial charge < -0.3 is 10.6 Å². The maximum Gasteiger partial charge on any atom is 0.190 e. The number of nitrogens with one attached hydrogen (secondary N) is 2.